The number of allylic oxidation sites excluding steroid dienone is 1. The lowest BCUT2D eigenvalue weighted by molar-refractivity contribution is -0.0449. The standard InChI is InChI=1S/C28H56O6Si/c1-10-13-16-17-20-23-31-35(29-21-18-14-11-2,30-22-19-15-12-3)28(34-26(8)9)27(32-24(4)5)33-25(6)7/h10,24-26H,1,11-23H2,2-9H3. The van der Waals surface area contributed by atoms with E-state index in [4.69, 9.17) is 27.5 Å². The maximum Gasteiger partial charge on any atom is 0.581 e. The first-order valence-corrected chi connectivity index (χ1v) is 15.7. The summed E-state index contributed by atoms with van der Waals surface area (Å²) in [5.74, 6) is 0.327. The maximum absolute atomic E-state index is 6.60. The molecule has 0 aliphatic carbocycles. The van der Waals surface area contributed by atoms with Gasteiger partial charge in [0.15, 0.2) is 0 Å². The number of hydrogen-bond acceptors (Lipinski definition) is 6. The Hall–Kier alpha value is -1.02. The molecule has 0 N–H and O–H groups in total. The lowest BCUT2D eigenvalue weighted by Gasteiger charge is -2.33. The first-order valence-electron chi connectivity index (χ1n) is 14.0. The summed E-state index contributed by atoms with van der Waals surface area (Å²) in [7, 11) is -3.47. The van der Waals surface area contributed by atoms with Gasteiger partial charge in [-0.25, -0.2) is 0 Å². The van der Waals surface area contributed by atoms with Gasteiger partial charge in [-0.05, 0) is 73.6 Å². The van der Waals surface area contributed by atoms with Gasteiger partial charge < -0.3 is 27.5 Å². The highest BCUT2D eigenvalue weighted by Crippen LogP contribution is 2.30. The molecule has 0 saturated carbocycles. The molecule has 0 aromatic carbocycles. The number of ether oxygens (including phenoxy) is 3. The zero-order valence-corrected chi connectivity index (χ0v) is 25.2. The molecule has 0 aliphatic rings. The van der Waals surface area contributed by atoms with Crippen molar-refractivity contribution in [3.05, 3.63) is 24.0 Å². The van der Waals surface area contributed by atoms with Crippen molar-refractivity contribution in [2.24, 2.45) is 0 Å². The summed E-state index contributed by atoms with van der Waals surface area (Å²) in [6, 6.07) is 0. The van der Waals surface area contributed by atoms with Gasteiger partial charge in [-0.15, -0.1) is 6.58 Å². The monoisotopic (exact) mass is 516 g/mol. The van der Waals surface area contributed by atoms with Crippen LogP contribution < -0.4 is 0 Å². The fourth-order valence-electron chi connectivity index (χ4n) is 3.26. The molecule has 0 bridgehead atoms. The SMILES string of the molecule is C=CCCCCCO[Si](OCCCCC)(OCCCCC)C(OC(C)C)=C(OC(C)C)OC(C)C. The van der Waals surface area contributed by atoms with Gasteiger partial charge in [-0.3, -0.25) is 0 Å². The van der Waals surface area contributed by atoms with Crippen molar-refractivity contribution >= 4 is 8.80 Å². The minimum Gasteiger partial charge on any atom is -0.486 e. The minimum atomic E-state index is -3.47. The Balaban J connectivity index is 6.29. The Labute approximate surface area is 218 Å². The largest absolute Gasteiger partial charge is 0.581 e. The van der Waals surface area contributed by atoms with Crippen LogP contribution in [0.3, 0.4) is 0 Å². The van der Waals surface area contributed by atoms with Gasteiger partial charge >= 0.3 is 14.7 Å². The molecule has 0 aromatic rings. The molecule has 7 heteroatoms. The molecule has 0 saturated heterocycles. The normalized spacial score (nSPS) is 11.9. The first-order chi connectivity index (χ1) is 16.7. The van der Waals surface area contributed by atoms with Crippen molar-refractivity contribution in [1.29, 1.82) is 0 Å². The van der Waals surface area contributed by atoms with Crippen LogP contribution in [0.15, 0.2) is 24.0 Å². The van der Waals surface area contributed by atoms with E-state index < -0.39 is 8.80 Å². The summed E-state index contributed by atoms with van der Waals surface area (Å²) < 4.78 is 38.5. The molecule has 0 heterocycles. The van der Waals surface area contributed by atoms with E-state index >= 15 is 0 Å². The average Bonchev–Trinajstić information content (AvgIpc) is 2.78. The molecular formula is C28H56O6Si. The molecule has 0 atom stereocenters. The minimum absolute atomic E-state index is 0.0969. The molecule has 0 fully saturated rings. The third-order valence-electron chi connectivity index (χ3n) is 4.93. The van der Waals surface area contributed by atoms with Gasteiger partial charge in [0.25, 0.3) is 0 Å². The van der Waals surface area contributed by atoms with Crippen LogP contribution in [0.1, 0.15) is 120 Å². The van der Waals surface area contributed by atoms with Gasteiger partial charge in [-0.1, -0.05) is 52.0 Å². The van der Waals surface area contributed by atoms with Crippen molar-refractivity contribution in [2.75, 3.05) is 19.8 Å². The van der Waals surface area contributed by atoms with E-state index in [1.165, 1.54) is 0 Å². The van der Waals surface area contributed by atoms with Crippen molar-refractivity contribution in [3.63, 3.8) is 0 Å². The third-order valence-corrected chi connectivity index (χ3v) is 7.56. The molecular weight excluding hydrogens is 460 g/mol. The summed E-state index contributed by atoms with van der Waals surface area (Å²) >= 11 is 0. The van der Waals surface area contributed by atoms with Crippen LogP contribution in [0.5, 0.6) is 0 Å². The topological polar surface area (TPSA) is 55.4 Å². The van der Waals surface area contributed by atoms with E-state index in [0.717, 1.165) is 64.2 Å². The zero-order chi connectivity index (χ0) is 26.5. The summed E-state index contributed by atoms with van der Waals surface area (Å²) in [4.78, 5) is 0. The van der Waals surface area contributed by atoms with E-state index in [0.29, 0.717) is 31.1 Å². The van der Waals surface area contributed by atoms with Crippen molar-refractivity contribution < 1.29 is 27.5 Å². The summed E-state index contributed by atoms with van der Waals surface area (Å²) in [5.41, 5.74) is 0. The number of hydrogen-bond donors (Lipinski definition) is 0. The van der Waals surface area contributed by atoms with Crippen LogP contribution in [0.25, 0.3) is 0 Å². The van der Waals surface area contributed by atoms with Gasteiger partial charge in [0.1, 0.15) is 0 Å². The average molecular weight is 517 g/mol. The molecule has 0 spiro atoms. The predicted molar refractivity (Wildman–Crippen MR) is 147 cm³/mol. The van der Waals surface area contributed by atoms with Crippen LogP contribution >= 0.6 is 0 Å². The summed E-state index contributed by atoms with van der Waals surface area (Å²) in [6.07, 6.45) is 12.0. The van der Waals surface area contributed by atoms with E-state index in [-0.39, 0.29) is 18.3 Å². The number of unbranched alkanes of at least 4 members (excludes halogenated alkanes) is 7. The molecule has 0 rings (SSSR count). The number of rotatable bonds is 24. The van der Waals surface area contributed by atoms with E-state index in [1.807, 2.05) is 47.6 Å². The second-order valence-corrected chi connectivity index (χ2v) is 12.2. The van der Waals surface area contributed by atoms with Gasteiger partial charge in [0.2, 0.25) is 5.38 Å². The fourth-order valence-corrected chi connectivity index (χ4v) is 5.89. The van der Waals surface area contributed by atoms with Crippen molar-refractivity contribution in [3.8, 4) is 0 Å². The Bertz CT molecular complexity index is 524. The Kier molecular flexibility index (Phi) is 20.5. The second kappa shape index (κ2) is 21.1. The molecule has 35 heavy (non-hydrogen) atoms. The molecule has 0 unspecified atom stereocenters. The molecule has 6 nitrogen and oxygen atoms in total. The van der Waals surface area contributed by atoms with Gasteiger partial charge in [0, 0.05) is 19.8 Å². The molecule has 0 amide bonds. The molecule has 0 aliphatic heterocycles. The van der Waals surface area contributed by atoms with Gasteiger partial charge in [-0.2, -0.15) is 0 Å². The summed E-state index contributed by atoms with van der Waals surface area (Å²) in [5, 5.41) is 0.467. The second-order valence-electron chi connectivity index (χ2n) is 9.77. The van der Waals surface area contributed by atoms with Crippen LogP contribution in [-0.2, 0) is 27.5 Å². The van der Waals surface area contributed by atoms with E-state index in [2.05, 4.69) is 20.4 Å². The lowest BCUT2D eigenvalue weighted by Crippen LogP contribution is -2.51. The van der Waals surface area contributed by atoms with Gasteiger partial charge in [0.05, 0.1) is 18.3 Å². The zero-order valence-electron chi connectivity index (χ0n) is 24.2. The van der Waals surface area contributed by atoms with E-state index in [1.54, 1.807) is 0 Å². The Morgan fingerprint density at radius 2 is 1.06 bits per heavy atom. The lowest BCUT2D eigenvalue weighted by atomic mass is 10.2. The maximum atomic E-state index is 6.60. The predicted octanol–water partition coefficient (Wildman–Crippen LogP) is 8.09. The highest BCUT2D eigenvalue weighted by Gasteiger charge is 2.53. The highest BCUT2D eigenvalue weighted by atomic mass is 28.4. The molecule has 0 aromatic heterocycles. The first kappa shape index (κ1) is 34.0. The van der Waals surface area contributed by atoms with E-state index in [9.17, 15) is 0 Å². The molecule has 208 valence electrons. The quantitative estimate of drug-likeness (QED) is 0.0559. The van der Waals surface area contributed by atoms with Crippen LogP contribution in [-0.4, -0.2) is 46.9 Å². The van der Waals surface area contributed by atoms with Crippen LogP contribution in [0.4, 0.5) is 0 Å². The highest BCUT2D eigenvalue weighted by molar-refractivity contribution is 6.68. The molecule has 0 radical (unpaired) electrons. The van der Waals surface area contributed by atoms with Crippen LogP contribution in [0, 0.1) is 0 Å². The fraction of sp³-hybridized carbons (Fsp3) is 0.857. The van der Waals surface area contributed by atoms with Crippen molar-refractivity contribution in [2.45, 2.75) is 138 Å². The smallest absolute Gasteiger partial charge is 0.486 e. The Morgan fingerprint density at radius 3 is 1.43 bits per heavy atom. The van der Waals surface area contributed by atoms with Crippen LogP contribution in [0.2, 0.25) is 0 Å². The van der Waals surface area contributed by atoms with Crippen molar-refractivity contribution in [1.82, 2.24) is 0 Å². The summed E-state index contributed by atoms with van der Waals surface area (Å²) in [6.45, 7) is 21.7. The third kappa shape index (κ3) is 16.4. The Morgan fingerprint density at radius 1 is 0.629 bits per heavy atom.